The number of methoxy groups -OCH3 is 1. The van der Waals surface area contributed by atoms with E-state index in [9.17, 15) is 18.8 Å². The maximum atomic E-state index is 13.2. The first-order valence-electron chi connectivity index (χ1n) is 5.23. The van der Waals surface area contributed by atoms with Gasteiger partial charge in [-0.25, -0.2) is 9.18 Å². The minimum Gasteiger partial charge on any atom is -0.465 e. The van der Waals surface area contributed by atoms with Crippen molar-refractivity contribution in [3.63, 3.8) is 0 Å². The molecule has 0 unspecified atom stereocenters. The minimum absolute atomic E-state index is 0.0574. The van der Waals surface area contributed by atoms with E-state index in [1.165, 1.54) is 13.2 Å². The first-order valence-corrected chi connectivity index (χ1v) is 5.23. The molecule has 2 rings (SSSR count). The van der Waals surface area contributed by atoms with Crippen LogP contribution in [0, 0.1) is 5.82 Å². The highest BCUT2D eigenvalue weighted by atomic mass is 19.1. The van der Waals surface area contributed by atoms with Gasteiger partial charge in [-0.2, -0.15) is 0 Å². The van der Waals surface area contributed by atoms with Gasteiger partial charge in [0.1, 0.15) is 5.82 Å². The van der Waals surface area contributed by atoms with Gasteiger partial charge in [0, 0.05) is 0 Å². The van der Waals surface area contributed by atoms with E-state index in [4.69, 9.17) is 0 Å². The number of nitrogens with zero attached hydrogens (tertiary/aromatic N) is 1. The number of rotatable bonds is 2. The summed E-state index contributed by atoms with van der Waals surface area (Å²) in [5.41, 5.74) is 0.125. The maximum Gasteiger partial charge on any atom is 0.339 e. The number of Topliss-reactive ketones (excluding diaryl/α,β-unsaturated/α-hetero) is 1. The van der Waals surface area contributed by atoms with Crippen molar-refractivity contribution in [1.29, 1.82) is 0 Å². The molecule has 18 heavy (non-hydrogen) atoms. The largest absolute Gasteiger partial charge is 0.465 e. The Labute approximate surface area is 102 Å². The van der Waals surface area contributed by atoms with Crippen LogP contribution in [-0.4, -0.2) is 31.3 Å². The zero-order chi connectivity index (χ0) is 13.3. The average Bonchev–Trinajstić information content (AvgIpc) is 2.67. The molecule has 1 aliphatic rings. The van der Waals surface area contributed by atoms with Crippen molar-refractivity contribution in [1.82, 2.24) is 0 Å². The second-order valence-electron chi connectivity index (χ2n) is 3.85. The van der Waals surface area contributed by atoms with E-state index in [2.05, 4.69) is 4.74 Å². The Morgan fingerprint density at radius 2 is 2.11 bits per heavy atom. The van der Waals surface area contributed by atoms with Gasteiger partial charge in [-0.3, -0.25) is 9.59 Å². The van der Waals surface area contributed by atoms with Crippen LogP contribution in [0.3, 0.4) is 0 Å². The van der Waals surface area contributed by atoms with Crippen molar-refractivity contribution in [2.24, 2.45) is 0 Å². The molecule has 0 radical (unpaired) electrons. The average molecular weight is 251 g/mol. The second-order valence-corrected chi connectivity index (χ2v) is 3.85. The fraction of sp³-hybridized carbons (Fsp3) is 0.250. The fourth-order valence-corrected chi connectivity index (χ4v) is 1.81. The molecular formula is C12H10FNO4. The molecule has 0 saturated carbocycles. The second kappa shape index (κ2) is 4.56. The van der Waals surface area contributed by atoms with Crippen LogP contribution in [0.5, 0.6) is 0 Å². The highest BCUT2D eigenvalue weighted by Crippen LogP contribution is 2.26. The normalized spacial score (nSPS) is 15.1. The van der Waals surface area contributed by atoms with E-state index in [1.54, 1.807) is 0 Å². The van der Waals surface area contributed by atoms with Crippen molar-refractivity contribution in [3.05, 3.63) is 29.6 Å². The standard InChI is InChI=1S/C12H10FNO4/c1-18-12(17)9-3-2-7(13)4-10(9)14-6-8(15)5-11(14)16/h2-4H,5-6H2,1H3. The van der Waals surface area contributed by atoms with Gasteiger partial charge in [0.2, 0.25) is 5.91 Å². The molecule has 1 aliphatic heterocycles. The van der Waals surface area contributed by atoms with Gasteiger partial charge >= 0.3 is 5.97 Å². The third-order valence-corrected chi connectivity index (χ3v) is 2.64. The molecule has 0 aliphatic carbocycles. The molecule has 0 N–H and O–H groups in total. The number of hydrogen-bond acceptors (Lipinski definition) is 4. The smallest absolute Gasteiger partial charge is 0.339 e. The Bertz CT molecular complexity index is 541. The van der Waals surface area contributed by atoms with Crippen LogP contribution < -0.4 is 4.90 Å². The Morgan fingerprint density at radius 1 is 1.39 bits per heavy atom. The van der Waals surface area contributed by atoms with Gasteiger partial charge in [0.05, 0.1) is 31.3 Å². The van der Waals surface area contributed by atoms with Crippen molar-refractivity contribution < 1.29 is 23.5 Å². The number of esters is 1. The topological polar surface area (TPSA) is 63.7 Å². The van der Waals surface area contributed by atoms with E-state index in [-0.39, 0.29) is 30.0 Å². The summed E-state index contributed by atoms with van der Waals surface area (Å²) in [5.74, 6) is -1.99. The van der Waals surface area contributed by atoms with E-state index < -0.39 is 17.7 Å². The molecule has 0 aromatic heterocycles. The summed E-state index contributed by atoms with van der Waals surface area (Å²) in [5, 5.41) is 0. The number of benzene rings is 1. The molecule has 1 heterocycles. The highest BCUT2D eigenvalue weighted by molar-refractivity contribution is 6.16. The molecule has 0 bridgehead atoms. The van der Waals surface area contributed by atoms with Crippen LogP contribution in [0.2, 0.25) is 0 Å². The third-order valence-electron chi connectivity index (χ3n) is 2.64. The molecule has 94 valence electrons. The predicted molar refractivity (Wildman–Crippen MR) is 59.7 cm³/mol. The molecule has 1 aromatic rings. The number of ether oxygens (including phenoxy) is 1. The van der Waals surface area contributed by atoms with Crippen molar-refractivity contribution in [2.75, 3.05) is 18.6 Å². The quantitative estimate of drug-likeness (QED) is 0.579. The number of carbonyl (C=O) groups excluding carboxylic acids is 3. The van der Waals surface area contributed by atoms with Gasteiger partial charge in [-0.1, -0.05) is 0 Å². The summed E-state index contributed by atoms with van der Waals surface area (Å²) in [6, 6.07) is 3.37. The Morgan fingerprint density at radius 3 is 2.67 bits per heavy atom. The van der Waals surface area contributed by atoms with Crippen LogP contribution in [0.25, 0.3) is 0 Å². The molecule has 0 atom stereocenters. The summed E-state index contributed by atoms with van der Waals surface area (Å²) >= 11 is 0. The van der Waals surface area contributed by atoms with Gasteiger partial charge in [0.15, 0.2) is 5.78 Å². The summed E-state index contributed by atoms with van der Waals surface area (Å²) in [6.07, 6.45) is -0.225. The lowest BCUT2D eigenvalue weighted by Crippen LogP contribution is -2.27. The lowest BCUT2D eigenvalue weighted by molar-refractivity contribution is -0.121. The number of ketones is 1. The fourth-order valence-electron chi connectivity index (χ4n) is 1.81. The monoisotopic (exact) mass is 251 g/mol. The number of amides is 1. The van der Waals surface area contributed by atoms with Gasteiger partial charge in [-0.15, -0.1) is 0 Å². The van der Waals surface area contributed by atoms with E-state index in [1.807, 2.05) is 0 Å². The number of hydrogen-bond donors (Lipinski definition) is 0. The van der Waals surface area contributed by atoms with E-state index in [0.717, 1.165) is 17.0 Å². The minimum atomic E-state index is -0.683. The SMILES string of the molecule is COC(=O)c1ccc(F)cc1N1CC(=O)CC1=O. The number of halogens is 1. The van der Waals surface area contributed by atoms with Crippen molar-refractivity contribution in [2.45, 2.75) is 6.42 Å². The number of carbonyl (C=O) groups is 3. The number of anilines is 1. The molecule has 1 aromatic carbocycles. The summed E-state index contributed by atoms with van der Waals surface area (Å²) in [4.78, 5) is 35.4. The lowest BCUT2D eigenvalue weighted by atomic mass is 10.1. The molecule has 1 fully saturated rings. The Hall–Kier alpha value is -2.24. The summed E-state index contributed by atoms with van der Waals surface area (Å²) in [7, 11) is 1.19. The molecule has 6 heteroatoms. The van der Waals surface area contributed by atoms with Crippen LogP contribution >= 0.6 is 0 Å². The van der Waals surface area contributed by atoms with E-state index in [0.29, 0.717) is 0 Å². The van der Waals surface area contributed by atoms with E-state index >= 15 is 0 Å². The Kier molecular flexibility index (Phi) is 3.10. The maximum absolute atomic E-state index is 13.2. The van der Waals surface area contributed by atoms with Gasteiger partial charge in [-0.05, 0) is 18.2 Å². The Balaban J connectivity index is 2.48. The third kappa shape index (κ3) is 2.09. The van der Waals surface area contributed by atoms with Gasteiger partial charge in [0.25, 0.3) is 0 Å². The summed E-state index contributed by atoms with van der Waals surface area (Å²) in [6.45, 7) is -0.147. The van der Waals surface area contributed by atoms with Gasteiger partial charge < -0.3 is 9.64 Å². The van der Waals surface area contributed by atoms with Crippen LogP contribution in [-0.2, 0) is 14.3 Å². The first kappa shape index (κ1) is 12.2. The predicted octanol–water partition coefficient (Wildman–Crippen LogP) is 0.918. The molecule has 5 nitrogen and oxygen atoms in total. The molecule has 1 amide bonds. The highest BCUT2D eigenvalue weighted by Gasteiger charge is 2.31. The zero-order valence-electron chi connectivity index (χ0n) is 9.60. The van der Waals surface area contributed by atoms with Crippen LogP contribution in [0.15, 0.2) is 18.2 Å². The van der Waals surface area contributed by atoms with Crippen LogP contribution in [0.1, 0.15) is 16.8 Å². The molecule has 0 spiro atoms. The zero-order valence-corrected chi connectivity index (χ0v) is 9.60. The van der Waals surface area contributed by atoms with Crippen molar-refractivity contribution in [3.8, 4) is 0 Å². The first-order chi connectivity index (χ1) is 8.52. The summed E-state index contributed by atoms with van der Waals surface area (Å²) < 4.78 is 17.8. The molecule has 1 saturated heterocycles. The lowest BCUT2D eigenvalue weighted by Gasteiger charge is -2.17. The van der Waals surface area contributed by atoms with Crippen molar-refractivity contribution >= 4 is 23.3 Å². The van der Waals surface area contributed by atoms with Crippen LogP contribution in [0.4, 0.5) is 10.1 Å². The molecular weight excluding hydrogens is 241 g/mol.